The van der Waals surface area contributed by atoms with Crippen LogP contribution in [0.25, 0.3) is 0 Å². The lowest BCUT2D eigenvalue weighted by Crippen LogP contribution is -2.07. The van der Waals surface area contributed by atoms with Crippen molar-refractivity contribution in [2.45, 2.75) is 43.1 Å². The Kier molecular flexibility index (Phi) is 4.95. The Morgan fingerprint density at radius 1 is 1.50 bits per heavy atom. The Hall–Kier alpha value is -0.680. The van der Waals surface area contributed by atoms with Crippen LogP contribution in [0.2, 0.25) is 0 Å². The van der Waals surface area contributed by atoms with Gasteiger partial charge in [-0.15, -0.1) is 11.3 Å². The molecule has 1 aromatic heterocycles. The van der Waals surface area contributed by atoms with Gasteiger partial charge < -0.3 is 10.5 Å². The second-order valence-corrected chi connectivity index (χ2v) is 7.01. The summed E-state index contributed by atoms with van der Waals surface area (Å²) >= 11 is 3.50. The van der Waals surface area contributed by atoms with Crippen LogP contribution in [-0.2, 0) is 10.5 Å². The molecule has 1 heterocycles. The third kappa shape index (κ3) is 3.42. The number of nitrogens with two attached hydrogens (primary N) is 1. The van der Waals surface area contributed by atoms with E-state index >= 15 is 0 Å². The average molecular weight is 285 g/mol. The maximum absolute atomic E-state index is 11.5. The monoisotopic (exact) mass is 285 g/mol. The van der Waals surface area contributed by atoms with Gasteiger partial charge in [0.1, 0.15) is 5.00 Å². The van der Waals surface area contributed by atoms with Crippen molar-refractivity contribution < 1.29 is 9.53 Å². The number of esters is 1. The molecule has 2 N–H and O–H groups in total. The standard InChI is InChI=1S/C13H19NO2S2/c1-16-13(15)11-7-10(18-12(11)14)8-17-9-5-3-2-4-6-9/h7,9H,2-6,8,14H2,1H3. The number of thioether (sulfide) groups is 1. The molecule has 0 unspecified atom stereocenters. The lowest BCUT2D eigenvalue weighted by atomic mass is 10.0. The molecule has 0 aromatic carbocycles. The van der Waals surface area contributed by atoms with Crippen molar-refractivity contribution in [1.29, 1.82) is 0 Å². The van der Waals surface area contributed by atoms with Crippen molar-refractivity contribution in [3.05, 3.63) is 16.5 Å². The van der Waals surface area contributed by atoms with Gasteiger partial charge in [0.15, 0.2) is 0 Å². The SMILES string of the molecule is COC(=O)c1cc(CSC2CCCCC2)sc1N. The molecule has 1 saturated carbocycles. The summed E-state index contributed by atoms with van der Waals surface area (Å²) in [5.74, 6) is 0.619. The van der Waals surface area contributed by atoms with Gasteiger partial charge in [0.2, 0.25) is 0 Å². The Bertz CT molecular complexity index is 411. The molecule has 1 aliphatic carbocycles. The molecule has 0 aliphatic heterocycles. The first-order valence-corrected chi connectivity index (χ1v) is 8.15. The summed E-state index contributed by atoms with van der Waals surface area (Å²) in [6, 6.07) is 1.88. The zero-order chi connectivity index (χ0) is 13.0. The van der Waals surface area contributed by atoms with E-state index < -0.39 is 0 Å². The van der Waals surface area contributed by atoms with Crippen molar-refractivity contribution in [3.63, 3.8) is 0 Å². The molecule has 3 nitrogen and oxygen atoms in total. The Balaban J connectivity index is 1.91. The number of nitrogen functional groups attached to an aromatic ring is 1. The maximum atomic E-state index is 11.5. The summed E-state index contributed by atoms with van der Waals surface area (Å²) in [6.45, 7) is 0. The van der Waals surface area contributed by atoms with Crippen LogP contribution in [0.3, 0.4) is 0 Å². The second kappa shape index (κ2) is 6.48. The van der Waals surface area contributed by atoms with Crippen molar-refractivity contribution in [1.82, 2.24) is 0 Å². The molecule has 0 bridgehead atoms. The van der Waals surface area contributed by atoms with E-state index in [0.29, 0.717) is 10.6 Å². The summed E-state index contributed by atoms with van der Waals surface area (Å²) in [4.78, 5) is 12.6. The van der Waals surface area contributed by atoms with Gasteiger partial charge in [0, 0.05) is 15.9 Å². The zero-order valence-electron chi connectivity index (χ0n) is 10.6. The highest BCUT2D eigenvalue weighted by Crippen LogP contribution is 2.34. The Morgan fingerprint density at radius 3 is 2.89 bits per heavy atom. The molecule has 100 valence electrons. The number of hydrogen-bond acceptors (Lipinski definition) is 5. The van der Waals surface area contributed by atoms with Crippen molar-refractivity contribution in [2.75, 3.05) is 12.8 Å². The van der Waals surface area contributed by atoms with Crippen LogP contribution in [0.5, 0.6) is 0 Å². The van der Waals surface area contributed by atoms with Gasteiger partial charge in [-0.1, -0.05) is 19.3 Å². The first kappa shape index (κ1) is 13.7. The summed E-state index contributed by atoms with van der Waals surface area (Å²) in [5, 5.41) is 1.35. The number of rotatable bonds is 4. The molecule has 1 aromatic rings. The Labute approximate surface area is 116 Å². The fourth-order valence-electron chi connectivity index (χ4n) is 2.23. The van der Waals surface area contributed by atoms with E-state index in [-0.39, 0.29) is 5.97 Å². The van der Waals surface area contributed by atoms with Crippen LogP contribution in [0, 0.1) is 0 Å². The van der Waals surface area contributed by atoms with E-state index in [9.17, 15) is 4.79 Å². The third-order valence-corrected chi connectivity index (χ3v) is 5.80. The van der Waals surface area contributed by atoms with Gasteiger partial charge in [-0.05, 0) is 18.9 Å². The number of carbonyl (C=O) groups excluding carboxylic acids is 1. The summed E-state index contributed by atoms with van der Waals surface area (Å²) < 4.78 is 4.71. The molecule has 2 rings (SSSR count). The van der Waals surface area contributed by atoms with Crippen LogP contribution in [-0.4, -0.2) is 18.3 Å². The normalized spacial score (nSPS) is 16.7. The van der Waals surface area contributed by atoms with E-state index in [2.05, 4.69) is 0 Å². The van der Waals surface area contributed by atoms with Gasteiger partial charge >= 0.3 is 5.97 Å². The van der Waals surface area contributed by atoms with Gasteiger partial charge in [0.05, 0.1) is 12.7 Å². The number of carbonyl (C=O) groups is 1. The number of ether oxygens (including phenoxy) is 1. The van der Waals surface area contributed by atoms with Crippen LogP contribution in [0.15, 0.2) is 6.07 Å². The second-order valence-electron chi connectivity index (χ2n) is 4.55. The number of thiophene rings is 1. The minimum absolute atomic E-state index is 0.335. The lowest BCUT2D eigenvalue weighted by Gasteiger charge is -2.20. The largest absolute Gasteiger partial charge is 0.465 e. The van der Waals surface area contributed by atoms with E-state index in [4.69, 9.17) is 10.5 Å². The molecule has 18 heavy (non-hydrogen) atoms. The minimum atomic E-state index is -0.335. The summed E-state index contributed by atoms with van der Waals surface area (Å²) in [7, 11) is 1.38. The zero-order valence-corrected chi connectivity index (χ0v) is 12.2. The smallest absolute Gasteiger partial charge is 0.340 e. The van der Waals surface area contributed by atoms with Crippen LogP contribution < -0.4 is 5.73 Å². The summed E-state index contributed by atoms with van der Waals surface area (Å²) in [6.07, 6.45) is 6.76. The highest BCUT2D eigenvalue weighted by Gasteiger charge is 2.17. The number of anilines is 1. The van der Waals surface area contributed by atoms with Crippen LogP contribution >= 0.6 is 23.1 Å². The predicted octanol–water partition coefficient (Wildman–Crippen LogP) is 3.68. The molecule has 0 amide bonds. The van der Waals surface area contributed by atoms with E-state index in [1.54, 1.807) is 0 Å². The first-order valence-electron chi connectivity index (χ1n) is 6.29. The lowest BCUT2D eigenvalue weighted by molar-refractivity contribution is 0.0602. The molecule has 1 aliphatic rings. The van der Waals surface area contributed by atoms with Gasteiger partial charge in [-0.3, -0.25) is 0 Å². The highest BCUT2D eigenvalue weighted by atomic mass is 32.2. The van der Waals surface area contributed by atoms with Gasteiger partial charge in [0.25, 0.3) is 0 Å². The van der Waals surface area contributed by atoms with Gasteiger partial charge in [-0.25, -0.2) is 4.79 Å². The minimum Gasteiger partial charge on any atom is -0.465 e. The van der Waals surface area contributed by atoms with Crippen LogP contribution in [0.1, 0.15) is 47.3 Å². The molecule has 0 spiro atoms. The number of hydrogen-bond donors (Lipinski definition) is 1. The fourth-order valence-corrected chi connectivity index (χ4v) is 4.53. The molecule has 5 heteroatoms. The summed E-state index contributed by atoms with van der Waals surface area (Å²) in [5.41, 5.74) is 6.35. The molecule has 0 atom stereocenters. The topological polar surface area (TPSA) is 52.3 Å². The van der Waals surface area contributed by atoms with Gasteiger partial charge in [-0.2, -0.15) is 11.8 Å². The van der Waals surface area contributed by atoms with Crippen molar-refractivity contribution in [2.24, 2.45) is 0 Å². The third-order valence-electron chi connectivity index (χ3n) is 3.23. The molecule has 0 saturated heterocycles. The highest BCUT2D eigenvalue weighted by molar-refractivity contribution is 7.99. The van der Waals surface area contributed by atoms with Crippen molar-refractivity contribution >= 4 is 34.1 Å². The van der Waals surface area contributed by atoms with E-state index in [1.807, 2.05) is 17.8 Å². The molecule has 1 fully saturated rings. The predicted molar refractivity (Wildman–Crippen MR) is 78.2 cm³/mol. The van der Waals surface area contributed by atoms with E-state index in [1.165, 1.54) is 55.4 Å². The molecular weight excluding hydrogens is 266 g/mol. The van der Waals surface area contributed by atoms with E-state index in [0.717, 1.165) is 11.0 Å². The van der Waals surface area contributed by atoms with Crippen LogP contribution in [0.4, 0.5) is 5.00 Å². The molecular formula is C13H19NO2S2. The maximum Gasteiger partial charge on any atom is 0.340 e. The molecule has 0 radical (unpaired) electrons. The quantitative estimate of drug-likeness (QED) is 0.857. The Morgan fingerprint density at radius 2 is 2.22 bits per heavy atom. The van der Waals surface area contributed by atoms with Crippen molar-refractivity contribution in [3.8, 4) is 0 Å². The fraction of sp³-hybridized carbons (Fsp3) is 0.615. The number of methoxy groups -OCH3 is 1. The average Bonchev–Trinajstić information content (AvgIpc) is 2.78. The first-order chi connectivity index (χ1) is 8.70.